The molecular formula is C15H27NO2. The van der Waals surface area contributed by atoms with Crippen LogP contribution in [0.3, 0.4) is 0 Å². The molecule has 3 heteroatoms. The summed E-state index contributed by atoms with van der Waals surface area (Å²) in [5, 5.41) is 13.0. The summed E-state index contributed by atoms with van der Waals surface area (Å²) >= 11 is 0. The first-order valence-electron chi connectivity index (χ1n) is 7.48. The van der Waals surface area contributed by atoms with Crippen molar-refractivity contribution in [3.8, 4) is 0 Å². The Morgan fingerprint density at radius 3 is 2.50 bits per heavy atom. The molecule has 0 aromatic carbocycles. The summed E-state index contributed by atoms with van der Waals surface area (Å²) in [6, 6.07) is 0.669. The van der Waals surface area contributed by atoms with Gasteiger partial charge in [-0.15, -0.1) is 0 Å². The van der Waals surface area contributed by atoms with Crippen molar-refractivity contribution >= 4 is 5.97 Å². The van der Waals surface area contributed by atoms with Crippen LogP contribution in [-0.2, 0) is 4.79 Å². The molecule has 2 fully saturated rings. The Morgan fingerprint density at radius 2 is 1.89 bits per heavy atom. The first-order valence-corrected chi connectivity index (χ1v) is 7.48. The van der Waals surface area contributed by atoms with E-state index in [1.807, 2.05) is 0 Å². The molecule has 0 heterocycles. The SMILES string of the molecule is CC(C)CCC(C)NC1C2CCC(C2)C1C(=O)O. The van der Waals surface area contributed by atoms with Gasteiger partial charge in [0.25, 0.3) is 0 Å². The minimum Gasteiger partial charge on any atom is -0.481 e. The van der Waals surface area contributed by atoms with E-state index in [0.29, 0.717) is 17.9 Å². The van der Waals surface area contributed by atoms with Crippen LogP contribution >= 0.6 is 0 Å². The first kappa shape index (κ1) is 13.9. The lowest BCUT2D eigenvalue weighted by molar-refractivity contribution is -0.144. The van der Waals surface area contributed by atoms with Gasteiger partial charge in [-0.05, 0) is 56.8 Å². The van der Waals surface area contributed by atoms with E-state index >= 15 is 0 Å². The highest BCUT2D eigenvalue weighted by Gasteiger charge is 2.51. The molecule has 0 aromatic rings. The summed E-state index contributed by atoms with van der Waals surface area (Å²) in [6.07, 6.45) is 5.85. The predicted octanol–water partition coefficient (Wildman–Crippen LogP) is 2.90. The van der Waals surface area contributed by atoms with Gasteiger partial charge >= 0.3 is 5.97 Å². The molecule has 0 radical (unpaired) electrons. The Morgan fingerprint density at radius 1 is 1.22 bits per heavy atom. The van der Waals surface area contributed by atoms with Crippen molar-refractivity contribution in [2.45, 2.75) is 65.0 Å². The Labute approximate surface area is 110 Å². The minimum atomic E-state index is -0.587. The summed E-state index contributed by atoms with van der Waals surface area (Å²) in [4.78, 5) is 11.4. The number of carbonyl (C=O) groups is 1. The fourth-order valence-corrected chi connectivity index (χ4v) is 3.88. The molecular weight excluding hydrogens is 226 g/mol. The van der Waals surface area contributed by atoms with Crippen LogP contribution in [-0.4, -0.2) is 23.2 Å². The molecule has 104 valence electrons. The van der Waals surface area contributed by atoms with E-state index in [1.165, 1.54) is 12.8 Å². The maximum absolute atomic E-state index is 11.4. The van der Waals surface area contributed by atoms with E-state index in [1.54, 1.807) is 0 Å². The smallest absolute Gasteiger partial charge is 0.308 e. The second-order valence-electron chi connectivity index (χ2n) is 6.76. The van der Waals surface area contributed by atoms with Crippen molar-refractivity contribution in [1.29, 1.82) is 0 Å². The lowest BCUT2D eigenvalue weighted by atomic mass is 9.84. The molecule has 0 amide bonds. The van der Waals surface area contributed by atoms with Crippen LogP contribution in [0.5, 0.6) is 0 Å². The Balaban J connectivity index is 1.89. The number of aliphatic carboxylic acids is 1. The topological polar surface area (TPSA) is 49.3 Å². The third kappa shape index (κ3) is 2.87. The second kappa shape index (κ2) is 5.60. The first-order chi connectivity index (χ1) is 8.49. The van der Waals surface area contributed by atoms with Gasteiger partial charge in [0.1, 0.15) is 0 Å². The average molecular weight is 253 g/mol. The molecule has 5 unspecified atom stereocenters. The van der Waals surface area contributed by atoms with Crippen LogP contribution in [0.2, 0.25) is 0 Å². The zero-order chi connectivity index (χ0) is 13.3. The minimum absolute atomic E-state index is 0.134. The molecule has 2 bridgehead atoms. The highest BCUT2D eigenvalue weighted by molar-refractivity contribution is 5.72. The zero-order valence-electron chi connectivity index (χ0n) is 11.9. The van der Waals surface area contributed by atoms with Gasteiger partial charge in [-0.1, -0.05) is 13.8 Å². The fraction of sp³-hybridized carbons (Fsp3) is 0.933. The summed E-state index contributed by atoms with van der Waals surface area (Å²) in [7, 11) is 0. The number of carboxylic acids is 1. The predicted molar refractivity (Wildman–Crippen MR) is 72.4 cm³/mol. The van der Waals surface area contributed by atoms with Crippen LogP contribution in [0, 0.1) is 23.7 Å². The van der Waals surface area contributed by atoms with Gasteiger partial charge in [-0.2, -0.15) is 0 Å². The average Bonchev–Trinajstić information content (AvgIpc) is 2.86. The molecule has 0 aromatic heterocycles. The van der Waals surface area contributed by atoms with Crippen LogP contribution in [0.25, 0.3) is 0 Å². The van der Waals surface area contributed by atoms with Crippen molar-refractivity contribution in [3.05, 3.63) is 0 Å². The van der Waals surface area contributed by atoms with Crippen molar-refractivity contribution in [1.82, 2.24) is 5.32 Å². The van der Waals surface area contributed by atoms with E-state index in [0.717, 1.165) is 25.2 Å². The molecule has 2 aliphatic carbocycles. The fourth-order valence-electron chi connectivity index (χ4n) is 3.88. The number of nitrogens with one attached hydrogen (secondary N) is 1. The van der Waals surface area contributed by atoms with Gasteiger partial charge in [-0.25, -0.2) is 0 Å². The van der Waals surface area contributed by atoms with Crippen molar-refractivity contribution in [2.24, 2.45) is 23.7 Å². The van der Waals surface area contributed by atoms with E-state index < -0.39 is 5.97 Å². The third-order valence-corrected chi connectivity index (χ3v) is 4.86. The lowest BCUT2D eigenvalue weighted by Gasteiger charge is -2.31. The standard InChI is InChI=1S/C15H27NO2/c1-9(2)4-5-10(3)16-14-12-7-6-11(8-12)13(14)15(17)18/h9-14,16H,4-8H2,1-3H3,(H,17,18). The summed E-state index contributed by atoms with van der Waals surface area (Å²) in [5.74, 6) is 1.05. The third-order valence-electron chi connectivity index (χ3n) is 4.86. The van der Waals surface area contributed by atoms with Gasteiger partial charge in [0.15, 0.2) is 0 Å². The van der Waals surface area contributed by atoms with E-state index in [9.17, 15) is 9.90 Å². The summed E-state index contributed by atoms with van der Waals surface area (Å²) in [5.41, 5.74) is 0. The monoisotopic (exact) mass is 253 g/mol. The molecule has 2 aliphatic rings. The normalized spacial score (nSPS) is 36.2. The molecule has 0 spiro atoms. The maximum atomic E-state index is 11.4. The van der Waals surface area contributed by atoms with Crippen molar-refractivity contribution in [2.75, 3.05) is 0 Å². The maximum Gasteiger partial charge on any atom is 0.308 e. The molecule has 2 saturated carbocycles. The van der Waals surface area contributed by atoms with Gasteiger partial charge < -0.3 is 10.4 Å². The molecule has 18 heavy (non-hydrogen) atoms. The largest absolute Gasteiger partial charge is 0.481 e. The summed E-state index contributed by atoms with van der Waals surface area (Å²) < 4.78 is 0. The Bertz CT molecular complexity index is 303. The highest BCUT2D eigenvalue weighted by atomic mass is 16.4. The molecule has 5 atom stereocenters. The van der Waals surface area contributed by atoms with E-state index in [-0.39, 0.29) is 12.0 Å². The number of fused-ring (bicyclic) bond motifs is 2. The van der Waals surface area contributed by atoms with Crippen molar-refractivity contribution in [3.63, 3.8) is 0 Å². The van der Waals surface area contributed by atoms with Gasteiger partial charge in [0.05, 0.1) is 5.92 Å². The molecule has 3 nitrogen and oxygen atoms in total. The highest BCUT2D eigenvalue weighted by Crippen LogP contribution is 2.48. The Hall–Kier alpha value is -0.570. The number of rotatable bonds is 6. The van der Waals surface area contributed by atoms with E-state index in [2.05, 4.69) is 26.1 Å². The summed E-state index contributed by atoms with van der Waals surface area (Å²) in [6.45, 7) is 6.68. The molecule has 0 aliphatic heterocycles. The van der Waals surface area contributed by atoms with Crippen LogP contribution < -0.4 is 5.32 Å². The zero-order valence-corrected chi connectivity index (χ0v) is 11.9. The van der Waals surface area contributed by atoms with Gasteiger partial charge in [0, 0.05) is 12.1 Å². The second-order valence-corrected chi connectivity index (χ2v) is 6.76. The number of hydrogen-bond acceptors (Lipinski definition) is 2. The number of carboxylic acid groups (broad SMARTS) is 1. The molecule has 0 saturated heterocycles. The lowest BCUT2D eigenvalue weighted by Crippen LogP contribution is -2.47. The van der Waals surface area contributed by atoms with Gasteiger partial charge in [-0.3, -0.25) is 4.79 Å². The Kier molecular flexibility index (Phi) is 4.31. The van der Waals surface area contributed by atoms with Gasteiger partial charge in [0.2, 0.25) is 0 Å². The van der Waals surface area contributed by atoms with Crippen molar-refractivity contribution < 1.29 is 9.90 Å². The van der Waals surface area contributed by atoms with Crippen LogP contribution in [0.4, 0.5) is 0 Å². The van der Waals surface area contributed by atoms with Crippen LogP contribution in [0.1, 0.15) is 52.9 Å². The molecule has 2 rings (SSSR count). The number of hydrogen-bond donors (Lipinski definition) is 2. The van der Waals surface area contributed by atoms with Crippen LogP contribution in [0.15, 0.2) is 0 Å². The quantitative estimate of drug-likeness (QED) is 0.765. The van der Waals surface area contributed by atoms with E-state index in [4.69, 9.17) is 0 Å². The molecule has 2 N–H and O–H groups in total.